The number of benzene rings is 1. The number of carbonyl (C=O) groups excluding carboxylic acids is 1. The molecule has 17 heavy (non-hydrogen) atoms. The van der Waals surface area contributed by atoms with Crippen molar-refractivity contribution in [1.29, 1.82) is 0 Å². The van der Waals surface area contributed by atoms with Gasteiger partial charge in [0.25, 0.3) is 5.91 Å². The predicted octanol–water partition coefficient (Wildman–Crippen LogP) is 1.84. The highest BCUT2D eigenvalue weighted by molar-refractivity contribution is 5.94. The number of likely N-dealkylation sites (tertiary alicyclic amines) is 1. The second kappa shape index (κ2) is 4.88. The van der Waals surface area contributed by atoms with Crippen LogP contribution >= 0.6 is 0 Å². The molecule has 1 aromatic rings. The highest BCUT2D eigenvalue weighted by Gasteiger charge is 2.34. The lowest BCUT2D eigenvalue weighted by Crippen LogP contribution is -2.39. The Kier molecular flexibility index (Phi) is 3.48. The fourth-order valence-electron chi connectivity index (χ4n) is 2.40. The van der Waals surface area contributed by atoms with Crippen molar-refractivity contribution in [3.05, 3.63) is 35.4 Å². The first-order valence-corrected chi connectivity index (χ1v) is 6.12. The third kappa shape index (κ3) is 2.34. The van der Waals surface area contributed by atoms with Crippen molar-refractivity contribution >= 4 is 5.91 Å². The average molecular weight is 233 g/mol. The Balaban J connectivity index is 2.17. The molecule has 0 bridgehead atoms. The Morgan fingerprint density at radius 3 is 2.65 bits per heavy atom. The molecule has 3 heteroatoms. The standard InChI is InChI=1S/C14H19NO2/c1-10-3-5-12(6-4-10)14(17)15-8-7-11(2)13(15)9-16/h3-6,11,13,16H,7-9H2,1-2H3. The van der Waals surface area contributed by atoms with E-state index in [1.807, 2.05) is 31.2 Å². The summed E-state index contributed by atoms with van der Waals surface area (Å²) in [5, 5.41) is 9.35. The number of aryl methyl sites for hydroxylation is 1. The lowest BCUT2D eigenvalue weighted by atomic mass is 10.0. The van der Waals surface area contributed by atoms with Gasteiger partial charge < -0.3 is 10.0 Å². The Bertz CT molecular complexity index is 399. The van der Waals surface area contributed by atoms with Gasteiger partial charge in [0.15, 0.2) is 0 Å². The van der Waals surface area contributed by atoms with E-state index in [-0.39, 0.29) is 18.6 Å². The van der Waals surface area contributed by atoms with Crippen molar-refractivity contribution in [3.63, 3.8) is 0 Å². The highest BCUT2D eigenvalue weighted by Crippen LogP contribution is 2.25. The van der Waals surface area contributed by atoms with E-state index in [9.17, 15) is 9.90 Å². The summed E-state index contributed by atoms with van der Waals surface area (Å²) in [5.74, 6) is 0.419. The quantitative estimate of drug-likeness (QED) is 0.846. The van der Waals surface area contributed by atoms with E-state index in [4.69, 9.17) is 0 Å². The zero-order chi connectivity index (χ0) is 12.4. The van der Waals surface area contributed by atoms with E-state index in [0.29, 0.717) is 11.5 Å². The molecule has 1 aromatic carbocycles. The van der Waals surface area contributed by atoms with E-state index in [1.165, 1.54) is 0 Å². The van der Waals surface area contributed by atoms with Gasteiger partial charge in [0.05, 0.1) is 12.6 Å². The molecule has 1 aliphatic heterocycles. The number of carbonyl (C=O) groups is 1. The third-order valence-corrected chi connectivity index (χ3v) is 3.63. The van der Waals surface area contributed by atoms with Gasteiger partial charge in [-0.1, -0.05) is 24.6 Å². The topological polar surface area (TPSA) is 40.5 Å². The average Bonchev–Trinajstić information content (AvgIpc) is 2.70. The first-order chi connectivity index (χ1) is 8.13. The van der Waals surface area contributed by atoms with Gasteiger partial charge in [0.1, 0.15) is 0 Å². The number of hydrogen-bond acceptors (Lipinski definition) is 2. The maximum absolute atomic E-state index is 12.3. The molecule has 1 heterocycles. The molecule has 0 radical (unpaired) electrons. The van der Waals surface area contributed by atoms with Gasteiger partial charge >= 0.3 is 0 Å². The van der Waals surface area contributed by atoms with Crippen LogP contribution in [0.4, 0.5) is 0 Å². The summed E-state index contributed by atoms with van der Waals surface area (Å²) in [6.45, 7) is 4.89. The van der Waals surface area contributed by atoms with Crippen molar-refractivity contribution in [2.45, 2.75) is 26.3 Å². The predicted molar refractivity (Wildman–Crippen MR) is 66.9 cm³/mol. The van der Waals surface area contributed by atoms with Gasteiger partial charge in [-0.05, 0) is 31.4 Å². The van der Waals surface area contributed by atoms with Crippen LogP contribution in [0.5, 0.6) is 0 Å². The van der Waals surface area contributed by atoms with E-state index < -0.39 is 0 Å². The normalized spacial score (nSPS) is 24.1. The smallest absolute Gasteiger partial charge is 0.254 e. The minimum absolute atomic E-state index is 0.0243. The molecule has 0 spiro atoms. The first-order valence-electron chi connectivity index (χ1n) is 6.12. The number of aliphatic hydroxyl groups is 1. The Labute approximate surface area is 102 Å². The van der Waals surface area contributed by atoms with Crippen molar-refractivity contribution in [1.82, 2.24) is 4.90 Å². The number of amides is 1. The summed E-state index contributed by atoms with van der Waals surface area (Å²) >= 11 is 0. The van der Waals surface area contributed by atoms with Crippen molar-refractivity contribution < 1.29 is 9.90 Å². The van der Waals surface area contributed by atoms with Gasteiger partial charge in [-0.3, -0.25) is 4.79 Å². The molecule has 1 saturated heterocycles. The Morgan fingerprint density at radius 2 is 2.06 bits per heavy atom. The Morgan fingerprint density at radius 1 is 1.41 bits per heavy atom. The second-order valence-electron chi connectivity index (χ2n) is 4.88. The summed E-state index contributed by atoms with van der Waals surface area (Å²) in [6.07, 6.45) is 0.975. The van der Waals surface area contributed by atoms with Crippen LogP contribution in [-0.4, -0.2) is 35.1 Å². The summed E-state index contributed by atoms with van der Waals surface area (Å²) in [7, 11) is 0. The minimum atomic E-state index is -0.0243. The molecule has 1 fully saturated rings. The summed E-state index contributed by atoms with van der Waals surface area (Å²) < 4.78 is 0. The molecule has 1 aliphatic rings. The molecule has 1 amide bonds. The molecule has 3 nitrogen and oxygen atoms in total. The van der Waals surface area contributed by atoms with Crippen LogP contribution in [0, 0.1) is 12.8 Å². The zero-order valence-electron chi connectivity index (χ0n) is 10.4. The van der Waals surface area contributed by atoms with Gasteiger partial charge in [-0.2, -0.15) is 0 Å². The van der Waals surface area contributed by atoms with Crippen molar-refractivity contribution in [3.8, 4) is 0 Å². The molecular formula is C14H19NO2. The van der Waals surface area contributed by atoms with Crippen molar-refractivity contribution in [2.24, 2.45) is 5.92 Å². The van der Waals surface area contributed by atoms with Crippen LogP contribution in [-0.2, 0) is 0 Å². The van der Waals surface area contributed by atoms with E-state index in [2.05, 4.69) is 6.92 Å². The fourth-order valence-corrected chi connectivity index (χ4v) is 2.40. The number of nitrogens with zero attached hydrogens (tertiary/aromatic N) is 1. The molecule has 0 aromatic heterocycles. The van der Waals surface area contributed by atoms with Crippen LogP contribution in [0.25, 0.3) is 0 Å². The van der Waals surface area contributed by atoms with Gasteiger partial charge in [0, 0.05) is 12.1 Å². The van der Waals surface area contributed by atoms with Crippen LogP contribution in [0.15, 0.2) is 24.3 Å². The van der Waals surface area contributed by atoms with Crippen LogP contribution in [0.3, 0.4) is 0 Å². The largest absolute Gasteiger partial charge is 0.394 e. The highest BCUT2D eigenvalue weighted by atomic mass is 16.3. The number of rotatable bonds is 2. The minimum Gasteiger partial charge on any atom is -0.394 e. The number of hydrogen-bond donors (Lipinski definition) is 1. The van der Waals surface area contributed by atoms with E-state index >= 15 is 0 Å². The van der Waals surface area contributed by atoms with Gasteiger partial charge in [-0.25, -0.2) is 0 Å². The molecule has 1 N–H and O–H groups in total. The summed E-state index contributed by atoms with van der Waals surface area (Å²) in [5.41, 5.74) is 1.86. The lowest BCUT2D eigenvalue weighted by Gasteiger charge is -2.25. The van der Waals surface area contributed by atoms with Gasteiger partial charge in [0.2, 0.25) is 0 Å². The Hall–Kier alpha value is -1.35. The summed E-state index contributed by atoms with van der Waals surface area (Å²) in [4.78, 5) is 14.1. The summed E-state index contributed by atoms with van der Waals surface area (Å²) in [6, 6.07) is 7.58. The number of aliphatic hydroxyl groups excluding tert-OH is 1. The SMILES string of the molecule is Cc1ccc(C(=O)N2CCC(C)C2CO)cc1. The third-order valence-electron chi connectivity index (χ3n) is 3.63. The second-order valence-corrected chi connectivity index (χ2v) is 4.88. The molecule has 2 unspecified atom stereocenters. The van der Waals surface area contributed by atoms with E-state index in [0.717, 1.165) is 18.5 Å². The van der Waals surface area contributed by atoms with Crippen LogP contribution in [0.1, 0.15) is 29.3 Å². The maximum Gasteiger partial charge on any atom is 0.254 e. The molecule has 2 rings (SSSR count). The molecule has 0 aliphatic carbocycles. The molecular weight excluding hydrogens is 214 g/mol. The monoisotopic (exact) mass is 233 g/mol. The zero-order valence-corrected chi connectivity index (χ0v) is 10.4. The van der Waals surface area contributed by atoms with E-state index in [1.54, 1.807) is 4.90 Å². The van der Waals surface area contributed by atoms with Gasteiger partial charge in [-0.15, -0.1) is 0 Å². The maximum atomic E-state index is 12.3. The first kappa shape index (κ1) is 12.1. The van der Waals surface area contributed by atoms with Crippen molar-refractivity contribution in [2.75, 3.05) is 13.2 Å². The van der Waals surface area contributed by atoms with Crippen LogP contribution < -0.4 is 0 Å². The van der Waals surface area contributed by atoms with Crippen LogP contribution in [0.2, 0.25) is 0 Å². The lowest BCUT2D eigenvalue weighted by molar-refractivity contribution is 0.0648. The molecule has 0 saturated carbocycles. The molecule has 2 atom stereocenters. The molecule has 92 valence electrons. The fraction of sp³-hybridized carbons (Fsp3) is 0.500.